The molecule has 6 nitrogen and oxygen atoms in total. The van der Waals surface area contributed by atoms with Crippen molar-refractivity contribution in [3.63, 3.8) is 0 Å². The Morgan fingerprint density at radius 3 is 2.61 bits per heavy atom. The summed E-state index contributed by atoms with van der Waals surface area (Å²) >= 11 is 1.32. The van der Waals surface area contributed by atoms with Crippen molar-refractivity contribution in [2.24, 2.45) is 0 Å². The smallest absolute Gasteiger partial charge is 0.338 e. The Morgan fingerprint density at radius 1 is 1.11 bits per heavy atom. The third-order valence-electron chi connectivity index (χ3n) is 4.08. The van der Waals surface area contributed by atoms with E-state index in [1.807, 2.05) is 24.3 Å². The highest BCUT2D eigenvalue weighted by atomic mass is 32.1. The monoisotopic (exact) mass is 398 g/mol. The first-order chi connectivity index (χ1) is 13.6. The normalized spacial score (nSPS) is 10.6. The Kier molecular flexibility index (Phi) is 6.60. The Morgan fingerprint density at radius 2 is 1.89 bits per heavy atom. The Balaban J connectivity index is 1.54. The van der Waals surface area contributed by atoms with E-state index >= 15 is 0 Å². The van der Waals surface area contributed by atoms with Crippen molar-refractivity contribution in [1.29, 1.82) is 0 Å². The SMILES string of the molecule is CCOC(=O)c1ccc2nc(NC(=O)CCOc3ccc(CC)cc3)sc2c1. The van der Waals surface area contributed by atoms with Crippen molar-refractivity contribution < 1.29 is 19.1 Å². The first kappa shape index (κ1) is 19.8. The second-order valence-electron chi connectivity index (χ2n) is 6.07. The number of fused-ring (bicyclic) bond motifs is 1. The molecule has 0 fully saturated rings. The molecule has 0 atom stereocenters. The molecule has 1 heterocycles. The van der Waals surface area contributed by atoms with Gasteiger partial charge in [-0.15, -0.1) is 0 Å². The molecule has 0 spiro atoms. The average molecular weight is 398 g/mol. The molecule has 0 saturated carbocycles. The van der Waals surface area contributed by atoms with Crippen LogP contribution < -0.4 is 10.1 Å². The zero-order valence-corrected chi connectivity index (χ0v) is 16.7. The quantitative estimate of drug-likeness (QED) is 0.568. The van der Waals surface area contributed by atoms with Gasteiger partial charge in [-0.3, -0.25) is 4.79 Å². The number of benzene rings is 2. The van der Waals surface area contributed by atoms with Crippen LogP contribution in [-0.4, -0.2) is 30.1 Å². The van der Waals surface area contributed by atoms with E-state index in [9.17, 15) is 9.59 Å². The number of esters is 1. The highest BCUT2D eigenvalue weighted by Gasteiger charge is 2.12. The molecule has 1 amide bonds. The predicted octanol–water partition coefficient (Wildman–Crippen LogP) is 4.44. The lowest BCUT2D eigenvalue weighted by molar-refractivity contribution is -0.116. The fourth-order valence-corrected chi connectivity index (χ4v) is 3.51. The number of aryl methyl sites for hydroxylation is 1. The van der Waals surface area contributed by atoms with Gasteiger partial charge in [-0.25, -0.2) is 9.78 Å². The van der Waals surface area contributed by atoms with Gasteiger partial charge in [0.1, 0.15) is 5.75 Å². The van der Waals surface area contributed by atoms with E-state index in [1.54, 1.807) is 25.1 Å². The number of rotatable bonds is 8. The van der Waals surface area contributed by atoms with Crippen molar-refractivity contribution in [1.82, 2.24) is 4.98 Å². The largest absolute Gasteiger partial charge is 0.493 e. The fraction of sp³-hybridized carbons (Fsp3) is 0.286. The molecule has 0 aliphatic heterocycles. The van der Waals surface area contributed by atoms with Crippen LogP contribution in [0.3, 0.4) is 0 Å². The Hall–Kier alpha value is -2.93. The van der Waals surface area contributed by atoms with Crippen LogP contribution in [0.15, 0.2) is 42.5 Å². The summed E-state index contributed by atoms with van der Waals surface area (Å²) in [6, 6.07) is 13.0. The molecule has 7 heteroatoms. The number of nitrogens with one attached hydrogen (secondary N) is 1. The third-order valence-corrected chi connectivity index (χ3v) is 5.01. The molecule has 0 aliphatic carbocycles. The summed E-state index contributed by atoms with van der Waals surface area (Å²) in [6.45, 7) is 4.47. The van der Waals surface area contributed by atoms with E-state index in [4.69, 9.17) is 9.47 Å². The Bertz CT molecular complexity index is 966. The van der Waals surface area contributed by atoms with Crippen molar-refractivity contribution in [3.8, 4) is 5.75 Å². The van der Waals surface area contributed by atoms with E-state index in [2.05, 4.69) is 17.2 Å². The number of nitrogens with zero attached hydrogens (tertiary/aromatic N) is 1. The topological polar surface area (TPSA) is 77.5 Å². The summed E-state index contributed by atoms with van der Waals surface area (Å²) in [5, 5.41) is 3.28. The molecule has 28 heavy (non-hydrogen) atoms. The number of carbonyl (C=O) groups is 2. The van der Waals surface area contributed by atoms with Crippen molar-refractivity contribution in [2.75, 3.05) is 18.5 Å². The highest BCUT2D eigenvalue weighted by molar-refractivity contribution is 7.22. The van der Waals surface area contributed by atoms with Gasteiger partial charge in [-0.1, -0.05) is 30.4 Å². The van der Waals surface area contributed by atoms with Crippen LogP contribution in [0.1, 0.15) is 36.2 Å². The lowest BCUT2D eigenvalue weighted by Gasteiger charge is -2.06. The minimum Gasteiger partial charge on any atom is -0.493 e. The van der Waals surface area contributed by atoms with Crippen molar-refractivity contribution in [3.05, 3.63) is 53.6 Å². The molecule has 0 radical (unpaired) electrons. The maximum absolute atomic E-state index is 12.1. The molecular weight excluding hydrogens is 376 g/mol. The third kappa shape index (κ3) is 5.07. The Labute approximate surface area is 167 Å². The van der Waals surface area contributed by atoms with Gasteiger partial charge in [0.05, 0.1) is 35.4 Å². The van der Waals surface area contributed by atoms with Gasteiger partial charge in [0.25, 0.3) is 0 Å². The van der Waals surface area contributed by atoms with Gasteiger partial charge < -0.3 is 14.8 Å². The van der Waals surface area contributed by atoms with Crippen LogP contribution in [-0.2, 0) is 16.0 Å². The second kappa shape index (κ2) is 9.32. The van der Waals surface area contributed by atoms with Crippen LogP contribution in [0, 0.1) is 0 Å². The lowest BCUT2D eigenvalue weighted by atomic mass is 10.2. The molecule has 0 bridgehead atoms. The van der Waals surface area contributed by atoms with Crippen molar-refractivity contribution >= 4 is 38.6 Å². The fourth-order valence-electron chi connectivity index (χ4n) is 2.58. The number of aromatic nitrogens is 1. The standard InChI is InChI=1S/C21H22N2O4S/c1-3-14-5-8-16(9-6-14)27-12-11-19(24)23-21-22-17-10-7-15(13-18(17)28-21)20(25)26-4-2/h5-10,13H,3-4,11-12H2,1-2H3,(H,22,23,24). The maximum atomic E-state index is 12.1. The molecule has 1 N–H and O–H groups in total. The van der Waals surface area contributed by atoms with Gasteiger partial charge in [-0.2, -0.15) is 0 Å². The summed E-state index contributed by atoms with van der Waals surface area (Å²) < 4.78 is 11.4. The van der Waals surface area contributed by atoms with Crippen LogP contribution >= 0.6 is 11.3 Å². The van der Waals surface area contributed by atoms with Gasteiger partial charge in [0, 0.05) is 0 Å². The minimum atomic E-state index is -0.368. The molecule has 0 unspecified atom stereocenters. The van der Waals surface area contributed by atoms with Gasteiger partial charge in [0.2, 0.25) is 5.91 Å². The highest BCUT2D eigenvalue weighted by Crippen LogP contribution is 2.27. The number of hydrogen-bond donors (Lipinski definition) is 1. The zero-order valence-electron chi connectivity index (χ0n) is 15.9. The van der Waals surface area contributed by atoms with E-state index < -0.39 is 0 Å². The first-order valence-electron chi connectivity index (χ1n) is 9.18. The second-order valence-corrected chi connectivity index (χ2v) is 7.10. The molecule has 2 aromatic carbocycles. The summed E-state index contributed by atoms with van der Waals surface area (Å²) in [5.74, 6) is 0.207. The van der Waals surface area contributed by atoms with Crippen molar-refractivity contribution in [2.45, 2.75) is 26.7 Å². The average Bonchev–Trinajstić information content (AvgIpc) is 3.10. The summed E-state index contributed by atoms with van der Waals surface area (Å²) in [6.07, 6.45) is 1.20. The van der Waals surface area contributed by atoms with E-state index in [0.29, 0.717) is 17.3 Å². The zero-order chi connectivity index (χ0) is 19.9. The molecule has 146 valence electrons. The van der Waals surface area contributed by atoms with Gasteiger partial charge in [0.15, 0.2) is 5.13 Å². The number of ether oxygens (including phenoxy) is 2. The summed E-state index contributed by atoms with van der Waals surface area (Å²) in [7, 11) is 0. The molecule has 1 aromatic heterocycles. The number of hydrogen-bond acceptors (Lipinski definition) is 6. The first-order valence-corrected chi connectivity index (χ1v) is 10.00. The molecule has 3 aromatic rings. The molecule has 0 aliphatic rings. The number of anilines is 1. The van der Waals surface area contributed by atoms with Crippen LogP contribution in [0.5, 0.6) is 5.75 Å². The predicted molar refractivity (Wildman–Crippen MR) is 110 cm³/mol. The van der Waals surface area contributed by atoms with Crippen LogP contribution in [0.2, 0.25) is 0 Å². The minimum absolute atomic E-state index is 0.171. The van der Waals surface area contributed by atoms with E-state index in [0.717, 1.165) is 22.4 Å². The molecule has 0 saturated heterocycles. The summed E-state index contributed by atoms with van der Waals surface area (Å²) in [5.41, 5.74) is 2.44. The molecular formula is C21H22N2O4S. The number of carbonyl (C=O) groups excluding carboxylic acids is 2. The van der Waals surface area contributed by atoms with E-state index in [1.165, 1.54) is 16.9 Å². The number of thiazole rings is 1. The summed E-state index contributed by atoms with van der Waals surface area (Å²) in [4.78, 5) is 28.3. The van der Waals surface area contributed by atoms with Gasteiger partial charge in [-0.05, 0) is 49.2 Å². The van der Waals surface area contributed by atoms with Crippen LogP contribution in [0.25, 0.3) is 10.2 Å². The van der Waals surface area contributed by atoms with Crippen LogP contribution in [0.4, 0.5) is 5.13 Å². The maximum Gasteiger partial charge on any atom is 0.338 e. The molecule has 3 rings (SSSR count). The van der Waals surface area contributed by atoms with Gasteiger partial charge >= 0.3 is 5.97 Å². The lowest BCUT2D eigenvalue weighted by Crippen LogP contribution is -2.15. The van der Waals surface area contributed by atoms with E-state index in [-0.39, 0.29) is 24.9 Å². The number of amides is 1.